The third kappa shape index (κ3) is 10.7. The van der Waals surface area contributed by atoms with Gasteiger partial charge in [-0.2, -0.15) is 0 Å². The van der Waals surface area contributed by atoms with Crippen molar-refractivity contribution in [3.05, 3.63) is 174 Å². The maximum absolute atomic E-state index is 14.0. The van der Waals surface area contributed by atoms with Crippen molar-refractivity contribution < 1.29 is 32.1 Å². The Hall–Kier alpha value is -4.65. The van der Waals surface area contributed by atoms with Crippen molar-refractivity contribution in [2.75, 3.05) is 19.8 Å². The third-order valence-electron chi connectivity index (χ3n) is 10.6. The molecule has 304 valence electrons. The Morgan fingerprint density at radius 2 is 1.10 bits per heavy atom. The molecule has 2 heterocycles. The van der Waals surface area contributed by atoms with Gasteiger partial charge in [-0.1, -0.05) is 127 Å². The number of unbranched alkanes of at least 4 members (excludes halogenated alkanes) is 2. The highest BCUT2D eigenvalue weighted by atomic mass is 32.2. The molecule has 0 spiro atoms. The fourth-order valence-corrected chi connectivity index (χ4v) is 9.01. The van der Waals surface area contributed by atoms with Gasteiger partial charge in [0.15, 0.2) is 0 Å². The van der Waals surface area contributed by atoms with Crippen molar-refractivity contribution >= 4 is 20.9 Å². The summed E-state index contributed by atoms with van der Waals surface area (Å²) < 4.78 is 63.4. The van der Waals surface area contributed by atoms with E-state index in [4.69, 9.17) is 29.4 Å². The lowest BCUT2D eigenvalue weighted by Crippen LogP contribution is -2.61. The fraction of sp³-hybridized carbons (Fsp3) is 0.333. The van der Waals surface area contributed by atoms with Crippen LogP contribution in [0.3, 0.4) is 0 Å². The molecule has 58 heavy (non-hydrogen) atoms. The molecule has 9 nitrogen and oxygen atoms in total. The molecule has 0 unspecified atom stereocenters. The number of nitrogens with zero attached hydrogens (tertiary/aromatic N) is 1. The van der Waals surface area contributed by atoms with Crippen molar-refractivity contribution in [2.45, 2.75) is 87.3 Å². The zero-order valence-electron chi connectivity index (χ0n) is 32.9. The summed E-state index contributed by atoms with van der Waals surface area (Å²) in [5.74, 6) is 0. The third-order valence-corrected chi connectivity index (χ3v) is 12.3. The lowest BCUT2D eigenvalue weighted by Gasteiger charge is -2.46. The highest BCUT2D eigenvalue weighted by Gasteiger charge is 2.48. The van der Waals surface area contributed by atoms with E-state index in [0.29, 0.717) is 57.9 Å². The van der Waals surface area contributed by atoms with Crippen LogP contribution < -0.4 is 5.73 Å². The molecule has 0 radical (unpaired) electrons. The fourth-order valence-electron chi connectivity index (χ4n) is 7.59. The largest absolute Gasteiger partial charge is 0.379 e. The number of aryl methyl sites for hydroxylation is 1. The Morgan fingerprint density at radius 1 is 0.586 bits per heavy atom. The molecule has 1 aliphatic heterocycles. The first-order valence-electron chi connectivity index (χ1n) is 20.3. The number of hydrogen-bond acceptors (Lipinski definition) is 8. The van der Waals surface area contributed by atoms with Gasteiger partial charge in [0.25, 0.3) is 10.0 Å². The van der Waals surface area contributed by atoms with Gasteiger partial charge in [-0.05, 0) is 79.1 Å². The number of ether oxygens (including phenoxy) is 5. The second kappa shape index (κ2) is 20.9. The van der Waals surface area contributed by atoms with Gasteiger partial charge in [0.05, 0.1) is 42.9 Å². The van der Waals surface area contributed by atoms with Crippen LogP contribution in [-0.4, -0.2) is 62.7 Å². The van der Waals surface area contributed by atoms with Gasteiger partial charge in [0.2, 0.25) is 0 Å². The van der Waals surface area contributed by atoms with Crippen LogP contribution in [0.5, 0.6) is 0 Å². The number of rotatable bonds is 21. The van der Waals surface area contributed by atoms with Crippen LogP contribution in [0.4, 0.5) is 0 Å². The van der Waals surface area contributed by atoms with Crippen LogP contribution in [0.15, 0.2) is 157 Å². The molecule has 0 saturated carbocycles. The normalized spacial score (nSPS) is 19.7. The average molecular weight is 803 g/mol. The number of benzene rings is 5. The topological polar surface area (TPSA) is 111 Å². The molecular formula is C48H54N2O7S. The molecular weight excluding hydrogens is 749 g/mol. The predicted molar refractivity (Wildman–Crippen MR) is 227 cm³/mol. The van der Waals surface area contributed by atoms with E-state index in [1.807, 2.05) is 109 Å². The van der Waals surface area contributed by atoms with E-state index in [0.717, 1.165) is 46.9 Å². The molecule has 6 aromatic rings. The van der Waals surface area contributed by atoms with Gasteiger partial charge in [-0.15, -0.1) is 0 Å². The Labute approximate surface area is 342 Å². The zero-order chi connectivity index (χ0) is 40.0. The molecule has 2 N–H and O–H groups in total. The highest BCUT2D eigenvalue weighted by Crippen LogP contribution is 2.34. The van der Waals surface area contributed by atoms with Gasteiger partial charge in [0, 0.05) is 18.2 Å². The summed E-state index contributed by atoms with van der Waals surface area (Å²) in [6, 6.07) is 46.5. The van der Waals surface area contributed by atoms with Gasteiger partial charge in [-0.25, -0.2) is 12.4 Å². The van der Waals surface area contributed by atoms with Crippen LogP contribution in [0, 0.1) is 0 Å². The summed E-state index contributed by atoms with van der Waals surface area (Å²) >= 11 is 0. The van der Waals surface area contributed by atoms with Gasteiger partial charge in [0.1, 0.15) is 24.4 Å². The quantitative estimate of drug-likeness (QED) is 0.0722. The second-order valence-corrected chi connectivity index (χ2v) is 16.6. The van der Waals surface area contributed by atoms with Crippen LogP contribution in [0.1, 0.15) is 47.9 Å². The monoisotopic (exact) mass is 802 g/mol. The molecule has 5 aromatic carbocycles. The minimum atomic E-state index is -3.84. The van der Waals surface area contributed by atoms with Crippen LogP contribution in [0.2, 0.25) is 0 Å². The summed E-state index contributed by atoms with van der Waals surface area (Å²) in [5.41, 5.74) is 10.4. The first-order valence-corrected chi connectivity index (χ1v) is 21.7. The van der Waals surface area contributed by atoms with Gasteiger partial charge >= 0.3 is 0 Å². The van der Waals surface area contributed by atoms with Gasteiger partial charge in [-0.3, -0.25) is 0 Å². The van der Waals surface area contributed by atoms with Crippen LogP contribution in [-0.2, 0) is 59.9 Å². The predicted octanol–water partition coefficient (Wildman–Crippen LogP) is 8.48. The molecule has 1 saturated heterocycles. The maximum atomic E-state index is 14.0. The summed E-state index contributed by atoms with van der Waals surface area (Å²) in [6.07, 6.45) is 3.15. The Morgan fingerprint density at radius 3 is 1.69 bits per heavy atom. The smallest absolute Gasteiger partial charge is 0.268 e. The highest BCUT2D eigenvalue weighted by molar-refractivity contribution is 7.90. The zero-order valence-corrected chi connectivity index (χ0v) is 33.7. The molecule has 0 aliphatic carbocycles. The molecule has 0 bridgehead atoms. The maximum Gasteiger partial charge on any atom is 0.268 e. The van der Waals surface area contributed by atoms with E-state index in [9.17, 15) is 8.42 Å². The Balaban J connectivity index is 1.22. The summed E-state index contributed by atoms with van der Waals surface area (Å²) in [4.78, 5) is 0.234. The van der Waals surface area contributed by atoms with E-state index in [2.05, 4.69) is 12.1 Å². The molecule has 1 aromatic heterocycles. The molecule has 1 aliphatic rings. The molecule has 10 heteroatoms. The number of hydrogen-bond donors (Lipinski definition) is 1. The SMILES string of the molecule is NCCCCCOC[C@H]1O[C@@H](CCc2cn(S(=O)(=O)c3ccccc3)c3ccccc23)[C@H](OCc2ccccc2)[C@@H](OCc2ccccc2)[C@@H]1OCc1ccccc1. The van der Waals surface area contributed by atoms with Crippen molar-refractivity contribution in [2.24, 2.45) is 5.73 Å². The summed E-state index contributed by atoms with van der Waals surface area (Å²) in [5, 5.41) is 0.873. The molecule has 5 atom stereocenters. The number of fused-ring (bicyclic) bond motifs is 1. The standard InChI is InChI=1S/C48H54N2O7S/c49-30-16-5-17-31-53-36-45-47(55-34-38-20-8-2-9-21-38)48(56-35-39-22-10-3-11-23-39)46(54-33-37-18-6-1-7-19-37)44(57-45)29-28-40-32-50(43-27-15-14-26-42(40)43)58(51,52)41-24-12-4-13-25-41/h1-4,6-15,18-27,32,44-48H,5,16-17,28-31,33-36,49H2/t44-,45+,46-,47+,48+/m0/s1. The first-order chi connectivity index (χ1) is 28.5. The summed E-state index contributed by atoms with van der Waals surface area (Å²) in [7, 11) is -3.84. The van der Waals surface area contributed by atoms with E-state index in [1.54, 1.807) is 30.5 Å². The molecule has 0 amide bonds. The van der Waals surface area contributed by atoms with Crippen molar-refractivity contribution in [3.8, 4) is 0 Å². The minimum absolute atomic E-state index is 0.234. The van der Waals surface area contributed by atoms with Crippen LogP contribution >= 0.6 is 0 Å². The van der Waals surface area contributed by atoms with E-state index in [-0.39, 0.29) is 4.90 Å². The van der Waals surface area contributed by atoms with Crippen molar-refractivity contribution in [1.82, 2.24) is 3.97 Å². The van der Waals surface area contributed by atoms with Gasteiger partial charge < -0.3 is 29.4 Å². The van der Waals surface area contributed by atoms with Crippen molar-refractivity contribution in [3.63, 3.8) is 0 Å². The molecule has 1 fully saturated rings. The minimum Gasteiger partial charge on any atom is -0.379 e. The van der Waals surface area contributed by atoms with E-state index < -0.39 is 40.5 Å². The van der Waals surface area contributed by atoms with Crippen molar-refractivity contribution in [1.29, 1.82) is 0 Å². The first kappa shape index (κ1) is 41.5. The van der Waals surface area contributed by atoms with E-state index >= 15 is 0 Å². The Bertz CT molecular complexity index is 2220. The molecule has 7 rings (SSSR count). The lowest BCUT2D eigenvalue weighted by atomic mass is 9.90. The number of para-hydroxylation sites is 1. The lowest BCUT2D eigenvalue weighted by molar-refractivity contribution is -0.273. The number of aromatic nitrogens is 1. The average Bonchev–Trinajstić information content (AvgIpc) is 3.66. The summed E-state index contributed by atoms with van der Waals surface area (Å²) in [6.45, 7) is 2.60. The number of nitrogens with two attached hydrogens (primary N) is 1. The second-order valence-electron chi connectivity index (χ2n) is 14.7. The van der Waals surface area contributed by atoms with E-state index in [1.165, 1.54) is 3.97 Å². The Kier molecular flexibility index (Phi) is 14.9. The van der Waals surface area contributed by atoms with Crippen LogP contribution in [0.25, 0.3) is 10.9 Å².